The van der Waals surface area contributed by atoms with Crippen LogP contribution in [-0.4, -0.2) is 17.6 Å². The van der Waals surface area contributed by atoms with Gasteiger partial charge >= 0.3 is 0 Å². The second kappa shape index (κ2) is 9.40. The minimum absolute atomic E-state index is 0.0226. The smallest absolute Gasteiger partial charge is 0.257 e. The zero-order valence-corrected chi connectivity index (χ0v) is 17.8. The second-order valence-electron chi connectivity index (χ2n) is 9.24. The molecule has 2 aliphatic rings. The Morgan fingerprint density at radius 3 is 2.10 bits per heavy atom. The molecule has 0 bridgehead atoms. The number of nitrogens with two attached hydrogens (primary N) is 1. The van der Waals surface area contributed by atoms with E-state index in [2.05, 4.69) is 6.58 Å². The van der Waals surface area contributed by atoms with E-state index in [1.807, 2.05) is 0 Å². The number of benzene rings is 1. The lowest BCUT2D eigenvalue weighted by molar-refractivity contribution is -0.123. The number of hydrogen-bond acceptors (Lipinski definition) is 2. The zero-order valence-electron chi connectivity index (χ0n) is 17.8. The van der Waals surface area contributed by atoms with Gasteiger partial charge in [-0.05, 0) is 61.8 Å². The third-order valence-electron chi connectivity index (χ3n) is 7.21. The minimum Gasteiger partial charge on any atom is -0.369 e. The molecule has 2 N–H and O–H groups in total. The van der Waals surface area contributed by atoms with Crippen LogP contribution in [0.4, 0.5) is 8.78 Å². The van der Waals surface area contributed by atoms with Gasteiger partial charge in [-0.2, -0.15) is 0 Å². The quantitative estimate of drug-likeness (QED) is 0.381. The van der Waals surface area contributed by atoms with Gasteiger partial charge in [0, 0.05) is 30.2 Å². The Bertz CT molecular complexity index is 762. The fourth-order valence-corrected chi connectivity index (χ4v) is 4.98. The number of rotatable bonds is 10. The topological polar surface area (TPSA) is 60.2 Å². The van der Waals surface area contributed by atoms with Crippen LogP contribution in [0.1, 0.15) is 80.1 Å². The maximum absolute atomic E-state index is 14.1. The molecule has 0 radical (unpaired) electrons. The van der Waals surface area contributed by atoms with E-state index in [0.29, 0.717) is 35.3 Å². The van der Waals surface area contributed by atoms with Crippen molar-refractivity contribution in [3.63, 3.8) is 0 Å². The standard InChI is InChI=1S/C25H33F2NO2/c1-3-14-25(26,27)16(2)17-4-10-20(11-5-17)23(29)15-22(18-6-7-18)19-8-12-21(13-9-19)24(28)30/h3-5,10-11,16,18-19,21-22H,1,6-9,12-15H2,2H3,(H2,28,30)/t16-,19?,21?,22?/m1/s1. The van der Waals surface area contributed by atoms with Gasteiger partial charge in [-0.25, -0.2) is 8.78 Å². The molecular weight excluding hydrogens is 384 g/mol. The number of hydrogen-bond donors (Lipinski definition) is 1. The maximum Gasteiger partial charge on any atom is 0.257 e. The molecule has 2 saturated carbocycles. The predicted molar refractivity (Wildman–Crippen MR) is 114 cm³/mol. The van der Waals surface area contributed by atoms with Crippen molar-refractivity contribution >= 4 is 11.7 Å². The normalized spacial score (nSPS) is 24.1. The monoisotopic (exact) mass is 417 g/mol. The fraction of sp³-hybridized carbons (Fsp3) is 0.600. The summed E-state index contributed by atoms with van der Waals surface area (Å²) in [6.45, 7) is 4.92. The molecular formula is C25H33F2NO2. The first-order valence-corrected chi connectivity index (χ1v) is 11.1. The lowest BCUT2D eigenvalue weighted by Gasteiger charge is -2.33. The van der Waals surface area contributed by atoms with Gasteiger partial charge < -0.3 is 5.73 Å². The highest BCUT2D eigenvalue weighted by molar-refractivity contribution is 5.96. The molecule has 1 aromatic carbocycles. The predicted octanol–water partition coefficient (Wildman–Crippen LogP) is 5.89. The summed E-state index contributed by atoms with van der Waals surface area (Å²) in [6.07, 6.45) is 7.27. The molecule has 1 unspecified atom stereocenters. The molecule has 3 rings (SSSR count). The highest BCUT2D eigenvalue weighted by atomic mass is 19.3. The van der Waals surface area contributed by atoms with E-state index in [1.165, 1.54) is 25.8 Å². The maximum atomic E-state index is 14.1. The van der Waals surface area contributed by atoms with Gasteiger partial charge in [-0.3, -0.25) is 9.59 Å². The molecule has 0 heterocycles. The number of Topliss-reactive ketones (excluding diaryl/α,β-unsaturated/α-hetero) is 1. The molecule has 1 amide bonds. The van der Waals surface area contributed by atoms with Crippen molar-refractivity contribution in [3.8, 4) is 0 Å². The Morgan fingerprint density at radius 2 is 1.63 bits per heavy atom. The van der Waals surface area contributed by atoms with E-state index < -0.39 is 11.8 Å². The van der Waals surface area contributed by atoms with Crippen LogP contribution in [0.15, 0.2) is 36.9 Å². The molecule has 2 aliphatic carbocycles. The van der Waals surface area contributed by atoms with Gasteiger partial charge in [0.1, 0.15) is 0 Å². The Balaban J connectivity index is 1.63. The largest absolute Gasteiger partial charge is 0.369 e. The van der Waals surface area contributed by atoms with Crippen molar-refractivity contribution in [2.24, 2.45) is 29.4 Å². The number of carbonyl (C=O) groups excluding carboxylic acids is 2. The van der Waals surface area contributed by atoms with E-state index in [1.54, 1.807) is 24.3 Å². The van der Waals surface area contributed by atoms with Crippen molar-refractivity contribution in [1.82, 2.24) is 0 Å². The van der Waals surface area contributed by atoms with Crippen LogP contribution in [-0.2, 0) is 4.79 Å². The fourth-order valence-electron chi connectivity index (χ4n) is 4.98. The average Bonchev–Trinajstić information content (AvgIpc) is 3.56. The van der Waals surface area contributed by atoms with Crippen LogP contribution >= 0.6 is 0 Å². The Morgan fingerprint density at radius 1 is 1.10 bits per heavy atom. The Labute approximate surface area is 178 Å². The number of carbonyl (C=O) groups is 2. The third-order valence-corrected chi connectivity index (χ3v) is 7.21. The summed E-state index contributed by atoms with van der Waals surface area (Å²) in [7, 11) is 0. The molecule has 0 saturated heterocycles. The van der Waals surface area contributed by atoms with Crippen molar-refractivity contribution < 1.29 is 18.4 Å². The number of amides is 1. The lowest BCUT2D eigenvalue weighted by Crippen LogP contribution is -2.31. The van der Waals surface area contributed by atoms with Gasteiger partial charge in [0.25, 0.3) is 5.92 Å². The van der Waals surface area contributed by atoms with Crippen molar-refractivity contribution in [3.05, 3.63) is 48.0 Å². The number of allylic oxidation sites excluding steroid dienone is 1. The molecule has 2 atom stereocenters. The van der Waals surface area contributed by atoms with Gasteiger partial charge in [0.15, 0.2) is 5.78 Å². The Hall–Kier alpha value is -2.04. The van der Waals surface area contributed by atoms with Crippen LogP contribution in [0, 0.1) is 23.7 Å². The molecule has 2 fully saturated rings. The first kappa shape index (κ1) is 22.6. The minimum atomic E-state index is -2.85. The van der Waals surface area contributed by atoms with Gasteiger partial charge in [0.2, 0.25) is 5.91 Å². The van der Waals surface area contributed by atoms with Gasteiger partial charge in [-0.15, -0.1) is 6.58 Å². The molecule has 5 heteroatoms. The average molecular weight is 418 g/mol. The Kier molecular flexibility index (Phi) is 7.10. The summed E-state index contributed by atoms with van der Waals surface area (Å²) in [6, 6.07) is 6.68. The highest BCUT2D eigenvalue weighted by Crippen LogP contribution is 2.47. The first-order valence-electron chi connectivity index (χ1n) is 11.1. The number of ketones is 1. The molecule has 0 aliphatic heterocycles. The van der Waals surface area contributed by atoms with Crippen LogP contribution in [0.3, 0.4) is 0 Å². The summed E-state index contributed by atoms with van der Waals surface area (Å²) >= 11 is 0. The zero-order chi connectivity index (χ0) is 21.9. The van der Waals surface area contributed by atoms with E-state index in [0.717, 1.165) is 25.7 Å². The summed E-state index contributed by atoms with van der Waals surface area (Å²) in [5.74, 6) is -2.52. The van der Waals surface area contributed by atoms with Gasteiger partial charge in [0.05, 0.1) is 0 Å². The molecule has 0 spiro atoms. The van der Waals surface area contributed by atoms with Crippen molar-refractivity contribution in [2.45, 2.75) is 70.1 Å². The van der Waals surface area contributed by atoms with Crippen LogP contribution in [0.2, 0.25) is 0 Å². The molecule has 30 heavy (non-hydrogen) atoms. The number of alkyl halides is 2. The van der Waals surface area contributed by atoms with Crippen molar-refractivity contribution in [1.29, 1.82) is 0 Å². The molecule has 164 valence electrons. The van der Waals surface area contributed by atoms with Crippen LogP contribution in [0.25, 0.3) is 0 Å². The van der Waals surface area contributed by atoms with Crippen LogP contribution < -0.4 is 5.73 Å². The lowest BCUT2D eigenvalue weighted by atomic mass is 9.72. The van der Waals surface area contributed by atoms with E-state index in [-0.39, 0.29) is 24.0 Å². The van der Waals surface area contributed by atoms with Crippen molar-refractivity contribution in [2.75, 3.05) is 0 Å². The van der Waals surface area contributed by atoms with E-state index in [4.69, 9.17) is 5.73 Å². The molecule has 0 aromatic heterocycles. The molecule has 1 aromatic rings. The van der Waals surface area contributed by atoms with Gasteiger partial charge in [-0.1, -0.05) is 37.3 Å². The van der Waals surface area contributed by atoms with E-state index in [9.17, 15) is 18.4 Å². The first-order chi connectivity index (χ1) is 14.2. The summed E-state index contributed by atoms with van der Waals surface area (Å²) in [5, 5.41) is 0. The summed E-state index contributed by atoms with van der Waals surface area (Å²) in [5.41, 5.74) is 6.57. The summed E-state index contributed by atoms with van der Waals surface area (Å²) < 4.78 is 28.3. The third kappa shape index (κ3) is 5.35. The second-order valence-corrected chi connectivity index (χ2v) is 9.24. The highest BCUT2D eigenvalue weighted by Gasteiger charge is 2.40. The van der Waals surface area contributed by atoms with Crippen LogP contribution in [0.5, 0.6) is 0 Å². The SMILES string of the molecule is C=CCC(F)(F)[C@H](C)c1ccc(C(=O)CC(C2CCC(C(N)=O)CC2)C2CC2)cc1. The van der Waals surface area contributed by atoms with E-state index >= 15 is 0 Å². The number of halogens is 2. The summed E-state index contributed by atoms with van der Waals surface area (Å²) in [4.78, 5) is 24.4. The number of primary amides is 1. The molecule has 3 nitrogen and oxygen atoms in total.